The smallest absolute Gasteiger partial charge is 0.416 e. The molecule has 5 nitrogen and oxygen atoms in total. The molecule has 1 aliphatic rings. The Hall–Kier alpha value is -2.77. The fourth-order valence-electron chi connectivity index (χ4n) is 3.05. The first kappa shape index (κ1) is 20.5. The first-order valence-corrected chi connectivity index (χ1v) is 8.23. The Balaban J connectivity index is 2.69. The molecule has 1 aromatic rings. The first-order valence-electron chi connectivity index (χ1n) is 8.23. The van der Waals surface area contributed by atoms with Crippen LogP contribution in [0.3, 0.4) is 0 Å². The van der Waals surface area contributed by atoms with Gasteiger partial charge in [0, 0.05) is 11.4 Å². The van der Waals surface area contributed by atoms with Crippen LogP contribution in [0.25, 0.3) is 0 Å². The van der Waals surface area contributed by atoms with E-state index in [0.717, 1.165) is 12.1 Å². The summed E-state index contributed by atoms with van der Waals surface area (Å²) in [6, 6.07) is 4.32. The summed E-state index contributed by atoms with van der Waals surface area (Å²) in [4.78, 5) is 24.4. The highest BCUT2D eigenvalue weighted by atomic mass is 19.4. The van der Waals surface area contributed by atoms with E-state index < -0.39 is 35.7 Å². The summed E-state index contributed by atoms with van der Waals surface area (Å²) in [6.45, 7) is 6.31. The summed E-state index contributed by atoms with van der Waals surface area (Å²) in [7, 11) is 0. The summed E-state index contributed by atoms with van der Waals surface area (Å²) in [5, 5.41) is 12.5. The molecule has 0 spiro atoms. The number of esters is 1. The number of carboxylic acid groups (broad SMARTS) is 1. The van der Waals surface area contributed by atoms with Crippen LogP contribution in [-0.4, -0.2) is 23.1 Å². The number of carboxylic acids is 1. The minimum absolute atomic E-state index is 0.0222. The van der Waals surface area contributed by atoms with Crippen molar-refractivity contribution in [2.24, 2.45) is 0 Å². The summed E-state index contributed by atoms with van der Waals surface area (Å²) in [6.07, 6.45) is -5.07. The monoisotopic (exact) mass is 383 g/mol. The minimum Gasteiger partial charge on any atom is -0.478 e. The van der Waals surface area contributed by atoms with Crippen molar-refractivity contribution < 1.29 is 32.6 Å². The molecule has 2 rings (SSSR count). The molecule has 1 unspecified atom stereocenters. The standard InChI is InChI=1S/C19H20F3NO4/c1-9(2)27-18(26)15-11(4)23-10(3)14(17(24)25)16(15)12-6-5-7-13(8-12)19(20,21)22/h5-9,16,23H,1-4H3,(H,24,25). The molecule has 8 heteroatoms. The Morgan fingerprint density at radius 3 is 2.26 bits per heavy atom. The van der Waals surface area contributed by atoms with Gasteiger partial charge in [-0.2, -0.15) is 13.2 Å². The molecule has 1 aromatic carbocycles. The average Bonchev–Trinajstić information content (AvgIpc) is 2.52. The van der Waals surface area contributed by atoms with Crippen LogP contribution in [0.4, 0.5) is 13.2 Å². The van der Waals surface area contributed by atoms with Gasteiger partial charge >= 0.3 is 18.1 Å². The van der Waals surface area contributed by atoms with Crippen LogP contribution in [0.2, 0.25) is 0 Å². The van der Waals surface area contributed by atoms with Gasteiger partial charge in [-0.1, -0.05) is 18.2 Å². The van der Waals surface area contributed by atoms with Gasteiger partial charge in [0.1, 0.15) is 0 Å². The second kappa shape index (κ2) is 7.46. The van der Waals surface area contributed by atoms with E-state index in [1.165, 1.54) is 19.1 Å². The number of aliphatic carboxylic acids is 1. The molecule has 0 bridgehead atoms. The van der Waals surface area contributed by atoms with Gasteiger partial charge in [-0.25, -0.2) is 9.59 Å². The zero-order valence-corrected chi connectivity index (χ0v) is 15.3. The topological polar surface area (TPSA) is 75.6 Å². The van der Waals surface area contributed by atoms with E-state index in [1.54, 1.807) is 20.8 Å². The Morgan fingerprint density at radius 1 is 1.15 bits per heavy atom. The molecule has 2 N–H and O–H groups in total. The first-order chi connectivity index (χ1) is 12.4. The summed E-state index contributed by atoms with van der Waals surface area (Å²) in [5.74, 6) is -3.29. The third kappa shape index (κ3) is 4.32. The lowest BCUT2D eigenvalue weighted by atomic mass is 9.80. The molecule has 0 aliphatic carbocycles. The van der Waals surface area contributed by atoms with E-state index in [0.29, 0.717) is 5.70 Å². The van der Waals surface area contributed by atoms with Gasteiger partial charge in [-0.3, -0.25) is 0 Å². The van der Waals surface area contributed by atoms with E-state index in [2.05, 4.69) is 5.32 Å². The maximum Gasteiger partial charge on any atom is 0.416 e. The summed E-state index contributed by atoms with van der Waals surface area (Å²) >= 11 is 0. The number of carbonyl (C=O) groups excluding carboxylic acids is 1. The predicted molar refractivity (Wildman–Crippen MR) is 91.6 cm³/mol. The van der Waals surface area contributed by atoms with E-state index in [-0.39, 0.29) is 22.4 Å². The summed E-state index contributed by atoms with van der Waals surface area (Å²) < 4.78 is 44.6. The highest BCUT2D eigenvalue weighted by Crippen LogP contribution is 2.40. The predicted octanol–water partition coefficient (Wildman–Crippen LogP) is 3.98. The third-order valence-electron chi connectivity index (χ3n) is 4.10. The van der Waals surface area contributed by atoms with Crippen molar-refractivity contribution in [3.05, 3.63) is 57.9 Å². The van der Waals surface area contributed by atoms with Crippen LogP contribution < -0.4 is 5.32 Å². The van der Waals surface area contributed by atoms with Crippen LogP contribution in [0.1, 0.15) is 44.7 Å². The lowest BCUT2D eigenvalue weighted by Crippen LogP contribution is -2.32. The van der Waals surface area contributed by atoms with E-state index >= 15 is 0 Å². The van der Waals surface area contributed by atoms with Crippen molar-refractivity contribution in [3.8, 4) is 0 Å². The van der Waals surface area contributed by atoms with Gasteiger partial charge in [-0.05, 0) is 39.3 Å². The van der Waals surface area contributed by atoms with Gasteiger partial charge < -0.3 is 15.2 Å². The molecule has 0 fully saturated rings. The fourth-order valence-corrected chi connectivity index (χ4v) is 3.05. The Bertz CT molecular complexity index is 838. The van der Waals surface area contributed by atoms with Gasteiger partial charge in [0.15, 0.2) is 0 Å². The van der Waals surface area contributed by atoms with Crippen LogP contribution >= 0.6 is 0 Å². The highest BCUT2D eigenvalue weighted by Gasteiger charge is 2.39. The number of hydrogen-bond acceptors (Lipinski definition) is 4. The number of ether oxygens (including phenoxy) is 1. The quantitative estimate of drug-likeness (QED) is 0.770. The average molecular weight is 383 g/mol. The van der Waals surface area contributed by atoms with Crippen LogP contribution in [-0.2, 0) is 20.5 Å². The summed E-state index contributed by atoms with van der Waals surface area (Å²) in [5.41, 5.74) is -0.496. The van der Waals surface area contributed by atoms with Gasteiger partial charge in [0.05, 0.1) is 28.7 Å². The molecule has 146 valence electrons. The largest absolute Gasteiger partial charge is 0.478 e. The number of dihydropyridines is 1. The zero-order valence-electron chi connectivity index (χ0n) is 15.3. The van der Waals surface area contributed by atoms with E-state index in [4.69, 9.17) is 4.74 Å². The number of halogens is 3. The van der Waals surface area contributed by atoms with Crippen LogP contribution in [0, 0.1) is 0 Å². The highest BCUT2D eigenvalue weighted by molar-refractivity contribution is 5.99. The number of alkyl halides is 3. The normalized spacial score (nSPS) is 17.9. The SMILES string of the molecule is CC1=C(C(=O)O)C(c2cccc(C(F)(F)F)c2)C(C(=O)OC(C)C)=C(C)N1. The lowest BCUT2D eigenvalue weighted by Gasteiger charge is -2.30. The molecule has 0 saturated heterocycles. The molecule has 0 saturated carbocycles. The molecular weight excluding hydrogens is 363 g/mol. The van der Waals surface area contributed by atoms with Crippen molar-refractivity contribution in [2.75, 3.05) is 0 Å². The Kier molecular flexibility index (Phi) is 5.67. The van der Waals surface area contributed by atoms with Crippen LogP contribution in [0.5, 0.6) is 0 Å². The minimum atomic E-state index is -4.59. The van der Waals surface area contributed by atoms with Crippen molar-refractivity contribution in [1.82, 2.24) is 5.32 Å². The molecule has 0 aromatic heterocycles. The molecule has 27 heavy (non-hydrogen) atoms. The number of rotatable bonds is 4. The van der Waals surface area contributed by atoms with Crippen molar-refractivity contribution in [1.29, 1.82) is 0 Å². The van der Waals surface area contributed by atoms with Crippen molar-refractivity contribution in [2.45, 2.75) is 45.9 Å². The lowest BCUT2D eigenvalue weighted by molar-refractivity contribution is -0.143. The Morgan fingerprint density at radius 2 is 1.74 bits per heavy atom. The number of nitrogens with one attached hydrogen (secondary N) is 1. The Labute approximate surface area is 154 Å². The fraction of sp³-hybridized carbons (Fsp3) is 0.368. The van der Waals surface area contributed by atoms with Gasteiger partial charge in [0.2, 0.25) is 0 Å². The molecule has 0 amide bonds. The number of carbonyl (C=O) groups is 2. The molecule has 1 heterocycles. The van der Waals surface area contributed by atoms with Gasteiger partial charge in [-0.15, -0.1) is 0 Å². The number of benzene rings is 1. The van der Waals surface area contributed by atoms with Crippen molar-refractivity contribution >= 4 is 11.9 Å². The van der Waals surface area contributed by atoms with E-state index in [9.17, 15) is 27.9 Å². The second-order valence-electron chi connectivity index (χ2n) is 6.52. The van der Waals surface area contributed by atoms with Gasteiger partial charge in [0.25, 0.3) is 0 Å². The number of hydrogen-bond donors (Lipinski definition) is 2. The van der Waals surface area contributed by atoms with Crippen LogP contribution in [0.15, 0.2) is 46.8 Å². The molecule has 0 radical (unpaired) electrons. The third-order valence-corrected chi connectivity index (χ3v) is 4.10. The maximum absolute atomic E-state index is 13.1. The second-order valence-corrected chi connectivity index (χ2v) is 6.52. The van der Waals surface area contributed by atoms with Crippen molar-refractivity contribution in [3.63, 3.8) is 0 Å². The maximum atomic E-state index is 13.1. The molecule has 1 atom stereocenters. The number of allylic oxidation sites excluding steroid dienone is 2. The zero-order chi connectivity index (χ0) is 20.5. The van der Waals surface area contributed by atoms with E-state index in [1.807, 2.05) is 0 Å². The molecule has 1 aliphatic heterocycles. The molecular formula is C19H20F3NO4.